The van der Waals surface area contributed by atoms with E-state index >= 15 is 0 Å². The van der Waals surface area contributed by atoms with Crippen molar-refractivity contribution in [2.45, 2.75) is 135 Å². The minimum absolute atomic E-state index is 0.0324. The van der Waals surface area contributed by atoms with Crippen LogP contribution in [0.2, 0.25) is 9.36 Å². The summed E-state index contributed by atoms with van der Waals surface area (Å²) in [5.74, 6) is 0. The number of allylic oxidation sites excluding steroid dienone is 2. The van der Waals surface area contributed by atoms with Crippen molar-refractivity contribution < 1.29 is 18.0 Å². The molecule has 330 valence electrons. The molecule has 8 rings (SSSR count). The molecular weight excluding hydrogens is 935 g/mol. The molecule has 0 nitrogen and oxygen atoms in total. The van der Waals surface area contributed by atoms with E-state index in [0.29, 0.717) is 0 Å². The second-order valence-corrected chi connectivity index (χ2v) is 49.6. The first-order valence-corrected chi connectivity index (χ1v) is 37.0. The topological polar surface area (TPSA) is 0 Å². The van der Waals surface area contributed by atoms with Crippen LogP contribution in [0, 0.1) is 13.8 Å². The van der Waals surface area contributed by atoms with Gasteiger partial charge in [-0.3, -0.25) is 0 Å². The first kappa shape index (κ1) is 46.1. The Morgan fingerprint density at radius 2 is 0.719 bits per heavy atom. The third kappa shape index (κ3) is 8.23. The number of rotatable bonds is 6. The third-order valence-corrected chi connectivity index (χ3v) is 40.3. The van der Waals surface area contributed by atoms with Crippen LogP contribution < -0.4 is 0 Å². The van der Waals surface area contributed by atoms with Crippen LogP contribution in [0.3, 0.4) is 0 Å². The van der Waals surface area contributed by atoms with Gasteiger partial charge in [0.15, 0.2) is 0 Å². The zero-order valence-corrected chi connectivity index (χ0v) is 45.6. The van der Waals surface area contributed by atoms with Crippen LogP contribution in [0.1, 0.15) is 157 Å². The zero-order chi connectivity index (χ0) is 46.4. The molecule has 2 atom stereocenters. The first-order chi connectivity index (χ1) is 29.7. The Bertz CT molecular complexity index is 2650. The van der Waals surface area contributed by atoms with Gasteiger partial charge in [0, 0.05) is 0 Å². The van der Waals surface area contributed by atoms with Crippen molar-refractivity contribution in [2.75, 3.05) is 0 Å². The molecule has 6 aromatic carbocycles. The summed E-state index contributed by atoms with van der Waals surface area (Å²) in [5, 5.41) is 0. The van der Waals surface area contributed by atoms with Gasteiger partial charge in [-0.05, 0) is 0 Å². The molecule has 0 radical (unpaired) electrons. The molecule has 0 spiro atoms. The van der Waals surface area contributed by atoms with E-state index in [1.54, 1.807) is 3.26 Å². The molecule has 0 saturated heterocycles. The molecule has 0 heterocycles. The summed E-state index contributed by atoms with van der Waals surface area (Å²) in [4.78, 5) is 0. The summed E-state index contributed by atoms with van der Waals surface area (Å²) >= 11 is -4.81. The van der Waals surface area contributed by atoms with Gasteiger partial charge in [-0.1, -0.05) is 0 Å². The second-order valence-electron chi connectivity index (χ2n) is 24.6. The van der Waals surface area contributed by atoms with Crippen LogP contribution in [-0.2, 0) is 39.7 Å². The van der Waals surface area contributed by atoms with Crippen molar-refractivity contribution in [3.05, 3.63) is 200 Å². The van der Waals surface area contributed by atoms with Crippen molar-refractivity contribution in [1.29, 1.82) is 0 Å². The summed E-state index contributed by atoms with van der Waals surface area (Å²) < 4.78 is 7.75. The Kier molecular flexibility index (Phi) is 11.4. The van der Waals surface area contributed by atoms with Gasteiger partial charge in [0.05, 0.1) is 0 Å². The van der Waals surface area contributed by atoms with Crippen molar-refractivity contribution in [3.63, 3.8) is 0 Å². The molecule has 0 aliphatic heterocycles. The van der Waals surface area contributed by atoms with Gasteiger partial charge < -0.3 is 0 Å². The predicted octanol–water partition coefficient (Wildman–Crippen LogP) is 17.7. The molecule has 0 bridgehead atoms. The predicted molar refractivity (Wildman–Crippen MR) is 279 cm³/mol. The number of fused-ring (bicyclic) bond motifs is 2. The number of hydrogen-bond donors (Lipinski definition) is 0. The average Bonchev–Trinajstić information content (AvgIpc) is 3.88. The normalized spacial score (nSPS) is 16.6. The summed E-state index contributed by atoms with van der Waals surface area (Å²) in [5.41, 5.74) is 22.1. The van der Waals surface area contributed by atoms with E-state index in [0.717, 1.165) is 0 Å². The minimum atomic E-state index is -4.81. The van der Waals surface area contributed by atoms with Gasteiger partial charge in [0.25, 0.3) is 0 Å². The molecule has 2 unspecified atom stereocenters. The van der Waals surface area contributed by atoms with E-state index in [2.05, 4.69) is 252 Å². The SMILES string of the molecule is Cc1ccc([C](c2ccc(C)cc2)=[Hf]([CH3])([CH3])([CH]2C=Cc3c(-c4cc(C(C)(C)C)cc(C(C)(C)C)c4)cccc32)[CH]2C=Cc3c(-c4cc(C(C)(C)C)cc(C(C)(C)C)c4)cccc32)cc1. The number of hydrogen-bond acceptors (Lipinski definition) is 0. The van der Waals surface area contributed by atoms with Crippen molar-refractivity contribution >= 4 is 15.4 Å². The molecule has 0 amide bonds. The van der Waals surface area contributed by atoms with Crippen LogP contribution in [0.4, 0.5) is 0 Å². The van der Waals surface area contributed by atoms with Gasteiger partial charge in [0.1, 0.15) is 0 Å². The Labute approximate surface area is 388 Å². The first-order valence-electron chi connectivity index (χ1n) is 23.9. The van der Waals surface area contributed by atoms with E-state index in [1.807, 2.05) is 0 Å². The number of aryl methyl sites for hydroxylation is 2. The second kappa shape index (κ2) is 15.9. The molecular formula is C63H74Hf. The molecule has 2 aliphatic rings. The quantitative estimate of drug-likeness (QED) is 0.146. The van der Waals surface area contributed by atoms with Gasteiger partial charge in [-0.15, -0.1) is 0 Å². The van der Waals surface area contributed by atoms with E-state index in [9.17, 15) is 0 Å². The van der Waals surface area contributed by atoms with Crippen LogP contribution >= 0.6 is 0 Å². The maximum absolute atomic E-state index is 4.81. The van der Waals surface area contributed by atoms with Crippen LogP contribution in [0.15, 0.2) is 133 Å². The Balaban J connectivity index is 1.44. The van der Waals surface area contributed by atoms with E-state index < -0.39 is 18.0 Å². The van der Waals surface area contributed by atoms with Gasteiger partial charge in [-0.2, -0.15) is 0 Å². The van der Waals surface area contributed by atoms with Crippen molar-refractivity contribution in [3.8, 4) is 22.3 Å². The van der Waals surface area contributed by atoms with E-state index in [4.69, 9.17) is 0 Å². The van der Waals surface area contributed by atoms with Crippen LogP contribution in [-0.4, -0.2) is 3.26 Å². The molecule has 0 aromatic heterocycles. The fourth-order valence-corrected chi connectivity index (χ4v) is 36.0. The zero-order valence-electron chi connectivity index (χ0n) is 42.0. The van der Waals surface area contributed by atoms with Crippen LogP contribution in [0.25, 0.3) is 34.4 Å². The standard InChI is InChI=1S/2C23H27.C15H14.2CH3.Hf/c2*1-22(2,3)18-13-17(14-19(15-18)23(4,5)6)21-12-8-10-16-9-7-11-20(16)21;1-12-3-7-14(8-4-12)11-15-9-5-13(2)6-10-15;;;/h2*7-15H,1-6H3;3-10H,1-2H3;2*1H3;. The molecule has 0 saturated carbocycles. The molecule has 1 heteroatoms. The molecule has 0 N–H and O–H groups in total. The molecule has 6 aromatic rings. The fraction of sp³-hybridized carbons (Fsp3) is 0.349. The van der Waals surface area contributed by atoms with Gasteiger partial charge in [0.2, 0.25) is 0 Å². The maximum atomic E-state index is 2.82. The summed E-state index contributed by atoms with van der Waals surface area (Å²) in [7, 11) is 0. The monoisotopic (exact) mass is 1010 g/mol. The van der Waals surface area contributed by atoms with E-state index in [1.165, 1.54) is 89.0 Å². The summed E-state index contributed by atoms with van der Waals surface area (Å²) in [6.07, 6.45) is 10.3. The Hall–Kier alpha value is -4.46. The fourth-order valence-electron chi connectivity index (χ4n) is 11.0. The average molecular weight is 1010 g/mol. The number of benzene rings is 6. The summed E-state index contributed by atoms with van der Waals surface area (Å²) in [6.45, 7) is 32.6. The Morgan fingerprint density at radius 3 is 1.02 bits per heavy atom. The van der Waals surface area contributed by atoms with Crippen molar-refractivity contribution in [2.24, 2.45) is 0 Å². The van der Waals surface area contributed by atoms with Gasteiger partial charge >= 0.3 is 391 Å². The third-order valence-electron chi connectivity index (χ3n) is 15.2. The van der Waals surface area contributed by atoms with Crippen molar-refractivity contribution in [1.82, 2.24) is 0 Å². The van der Waals surface area contributed by atoms with E-state index in [-0.39, 0.29) is 29.0 Å². The van der Waals surface area contributed by atoms with Crippen LogP contribution in [0.5, 0.6) is 0 Å². The molecule has 64 heavy (non-hydrogen) atoms. The summed E-state index contributed by atoms with van der Waals surface area (Å²) in [6, 6.07) is 48.3. The molecule has 0 fully saturated rings. The Morgan fingerprint density at radius 1 is 0.406 bits per heavy atom. The van der Waals surface area contributed by atoms with Gasteiger partial charge in [-0.25, -0.2) is 0 Å². The molecule has 2 aliphatic carbocycles.